The molecule has 21 heavy (non-hydrogen) atoms. The van der Waals surface area contributed by atoms with Crippen LogP contribution in [0.5, 0.6) is 0 Å². The molecule has 0 radical (unpaired) electrons. The SMILES string of the molecule is Cc1cc2[nH]c(=O)c(=O)n3c2c(c1C)CN(C)C(=O)C3N. The van der Waals surface area contributed by atoms with Crippen LogP contribution < -0.4 is 16.9 Å². The van der Waals surface area contributed by atoms with E-state index < -0.39 is 23.2 Å². The van der Waals surface area contributed by atoms with Crippen molar-refractivity contribution in [3.63, 3.8) is 0 Å². The highest BCUT2D eigenvalue weighted by atomic mass is 16.2. The van der Waals surface area contributed by atoms with Gasteiger partial charge in [0.15, 0.2) is 6.17 Å². The molecular weight excluding hydrogens is 272 g/mol. The molecule has 3 N–H and O–H groups in total. The van der Waals surface area contributed by atoms with E-state index in [-0.39, 0.29) is 0 Å². The Kier molecular flexibility index (Phi) is 2.77. The maximum absolute atomic E-state index is 12.2. The number of carbonyl (C=O) groups excluding carboxylic acids is 1. The number of likely N-dealkylation sites (N-methyl/N-ethyl adjacent to an activating group) is 1. The first-order valence-corrected chi connectivity index (χ1v) is 6.61. The van der Waals surface area contributed by atoms with Gasteiger partial charge in [0.05, 0.1) is 11.0 Å². The fraction of sp³-hybridized carbons (Fsp3) is 0.357. The fourth-order valence-electron chi connectivity index (χ4n) is 2.84. The number of nitrogens with zero attached hydrogens (tertiary/aromatic N) is 2. The molecule has 1 amide bonds. The Morgan fingerprint density at radius 3 is 2.62 bits per heavy atom. The van der Waals surface area contributed by atoms with Crippen LogP contribution in [0.3, 0.4) is 0 Å². The Labute approximate surface area is 120 Å². The molecule has 1 aromatic carbocycles. The zero-order valence-electron chi connectivity index (χ0n) is 12.1. The summed E-state index contributed by atoms with van der Waals surface area (Å²) >= 11 is 0. The van der Waals surface area contributed by atoms with Gasteiger partial charge in [0, 0.05) is 19.2 Å². The van der Waals surface area contributed by atoms with E-state index in [0.717, 1.165) is 21.3 Å². The highest BCUT2D eigenvalue weighted by molar-refractivity contribution is 5.88. The van der Waals surface area contributed by atoms with Crippen LogP contribution in [-0.4, -0.2) is 27.4 Å². The quantitative estimate of drug-likeness (QED) is 0.652. The van der Waals surface area contributed by atoms with Crippen molar-refractivity contribution in [2.75, 3.05) is 7.05 Å². The molecule has 3 rings (SSSR count). The number of aromatic nitrogens is 2. The predicted molar refractivity (Wildman–Crippen MR) is 78.0 cm³/mol. The molecule has 0 spiro atoms. The number of benzene rings is 1. The fourth-order valence-corrected chi connectivity index (χ4v) is 2.84. The average molecular weight is 288 g/mol. The lowest BCUT2D eigenvalue weighted by molar-refractivity contribution is -0.133. The summed E-state index contributed by atoms with van der Waals surface area (Å²) in [5, 5.41) is 0. The van der Waals surface area contributed by atoms with Gasteiger partial charge in [0.25, 0.3) is 5.91 Å². The smallest absolute Gasteiger partial charge is 0.318 e. The summed E-state index contributed by atoms with van der Waals surface area (Å²) in [6.07, 6.45) is -1.18. The number of aryl methyl sites for hydroxylation is 1. The molecule has 0 fully saturated rings. The maximum atomic E-state index is 12.2. The molecule has 0 saturated carbocycles. The van der Waals surface area contributed by atoms with Crippen LogP contribution in [-0.2, 0) is 11.3 Å². The second kappa shape index (κ2) is 4.29. The molecule has 1 atom stereocenters. The van der Waals surface area contributed by atoms with Crippen molar-refractivity contribution in [3.8, 4) is 0 Å². The van der Waals surface area contributed by atoms with E-state index in [0.29, 0.717) is 17.6 Å². The van der Waals surface area contributed by atoms with Crippen LogP contribution >= 0.6 is 0 Å². The Balaban J connectivity index is 2.61. The molecule has 0 aliphatic carbocycles. The number of amides is 1. The maximum Gasteiger partial charge on any atom is 0.318 e. The standard InChI is InChI=1S/C14H16N4O3/c1-6-4-9-10-8(7(6)2)5-17(3)13(20)11(15)18(10)14(21)12(19)16-9/h4,11H,5,15H2,1-3H3,(H,16,19). The molecular formula is C14H16N4O3. The second-order valence-corrected chi connectivity index (χ2v) is 5.46. The van der Waals surface area contributed by atoms with E-state index >= 15 is 0 Å². The molecule has 2 heterocycles. The topological polar surface area (TPSA) is 101 Å². The third-order valence-electron chi connectivity index (χ3n) is 4.15. The van der Waals surface area contributed by atoms with Crippen molar-refractivity contribution in [3.05, 3.63) is 43.5 Å². The van der Waals surface area contributed by atoms with E-state index in [1.165, 1.54) is 4.90 Å². The lowest BCUT2D eigenvalue weighted by Gasteiger charge is -2.18. The molecule has 1 aliphatic rings. The summed E-state index contributed by atoms with van der Waals surface area (Å²) in [5.41, 5.74) is 8.20. The molecule has 1 unspecified atom stereocenters. The first-order chi connectivity index (χ1) is 9.82. The first-order valence-electron chi connectivity index (χ1n) is 6.61. The van der Waals surface area contributed by atoms with Crippen LogP contribution in [0, 0.1) is 13.8 Å². The van der Waals surface area contributed by atoms with Gasteiger partial charge < -0.3 is 15.6 Å². The predicted octanol–water partition coefficient (Wildman–Crippen LogP) is -0.264. The van der Waals surface area contributed by atoms with Gasteiger partial charge in [-0.25, -0.2) is 0 Å². The van der Waals surface area contributed by atoms with Crippen molar-refractivity contribution in [2.45, 2.75) is 26.6 Å². The monoisotopic (exact) mass is 288 g/mol. The van der Waals surface area contributed by atoms with Gasteiger partial charge in [-0.15, -0.1) is 0 Å². The zero-order chi connectivity index (χ0) is 15.5. The molecule has 7 heteroatoms. The highest BCUT2D eigenvalue weighted by Crippen LogP contribution is 2.27. The van der Waals surface area contributed by atoms with Crippen LogP contribution in [0.4, 0.5) is 0 Å². The summed E-state index contributed by atoms with van der Waals surface area (Å²) in [4.78, 5) is 40.3. The number of hydrogen-bond acceptors (Lipinski definition) is 4. The molecule has 110 valence electrons. The van der Waals surface area contributed by atoms with Gasteiger partial charge >= 0.3 is 11.1 Å². The lowest BCUT2D eigenvalue weighted by Crippen LogP contribution is -2.45. The summed E-state index contributed by atoms with van der Waals surface area (Å²) in [6, 6.07) is 1.80. The Morgan fingerprint density at radius 2 is 1.95 bits per heavy atom. The minimum absolute atomic E-state index is 0.349. The summed E-state index contributed by atoms with van der Waals surface area (Å²) in [7, 11) is 1.63. The molecule has 7 nitrogen and oxygen atoms in total. The van der Waals surface area contributed by atoms with E-state index in [1.54, 1.807) is 13.1 Å². The van der Waals surface area contributed by atoms with Crippen molar-refractivity contribution >= 4 is 16.9 Å². The Hall–Kier alpha value is -2.41. The minimum atomic E-state index is -1.18. The highest BCUT2D eigenvalue weighted by Gasteiger charge is 2.29. The number of nitrogens with two attached hydrogens (primary N) is 1. The van der Waals surface area contributed by atoms with Gasteiger partial charge in [-0.05, 0) is 31.0 Å². The van der Waals surface area contributed by atoms with Gasteiger partial charge in [-0.3, -0.25) is 19.0 Å². The molecule has 2 aromatic rings. The molecule has 0 saturated heterocycles. The molecule has 1 aromatic heterocycles. The van der Waals surface area contributed by atoms with Crippen LogP contribution in [0.25, 0.3) is 11.0 Å². The minimum Gasteiger partial charge on any atom is -0.338 e. The van der Waals surface area contributed by atoms with Gasteiger partial charge in [0.1, 0.15) is 0 Å². The van der Waals surface area contributed by atoms with Gasteiger partial charge in [-0.2, -0.15) is 0 Å². The second-order valence-electron chi connectivity index (χ2n) is 5.46. The Morgan fingerprint density at radius 1 is 1.29 bits per heavy atom. The number of hydrogen-bond donors (Lipinski definition) is 2. The number of H-pyrrole nitrogens is 1. The first kappa shape index (κ1) is 13.6. The van der Waals surface area contributed by atoms with E-state index in [4.69, 9.17) is 5.73 Å². The van der Waals surface area contributed by atoms with Crippen molar-refractivity contribution in [1.29, 1.82) is 0 Å². The van der Waals surface area contributed by atoms with E-state index in [2.05, 4.69) is 4.98 Å². The molecule has 0 bridgehead atoms. The average Bonchev–Trinajstić information content (AvgIpc) is 2.53. The van der Waals surface area contributed by atoms with Crippen LogP contribution in [0.1, 0.15) is 22.9 Å². The number of rotatable bonds is 0. The molecule has 1 aliphatic heterocycles. The summed E-state index contributed by atoms with van der Waals surface area (Å²) in [6.45, 7) is 4.20. The summed E-state index contributed by atoms with van der Waals surface area (Å²) in [5.74, 6) is -0.391. The summed E-state index contributed by atoms with van der Waals surface area (Å²) < 4.78 is 1.11. The largest absolute Gasteiger partial charge is 0.338 e. The van der Waals surface area contributed by atoms with Crippen molar-refractivity contribution in [2.24, 2.45) is 5.73 Å². The van der Waals surface area contributed by atoms with Crippen molar-refractivity contribution < 1.29 is 4.79 Å². The van der Waals surface area contributed by atoms with Crippen molar-refractivity contribution in [1.82, 2.24) is 14.5 Å². The van der Waals surface area contributed by atoms with Gasteiger partial charge in [0.2, 0.25) is 0 Å². The zero-order valence-corrected chi connectivity index (χ0v) is 12.1. The number of carbonyl (C=O) groups is 1. The Bertz CT molecular complexity index is 894. The third kappa shape index (κ3) is 1.74. The van der Waals surface area contributed by atoms with E-state index in [9.17, 15) is 14.4 Å². The normalized spacial score (nSPS) is 18.2. The number of nitrogens with one attached hydrogen (secondary N) is 1. The van der Waals surface area contributed by atoms with Crippen LogP contribution in [0.2, 0.25) is 0 Å². The van der Waals surface area contributed by atoms with E-state index in [1.807, 2.05) is 13.8 Å². The van der Waals surface area contributed by atoms with Crippen LogP contribution in [0.15, 0.2) is 15.7 Å². The van der Waals surface area contributed by atoms with Gasteiger partial charge in [-0.1, -0.05) is 0 Å². The lowest BCUT2D eigenvalue weighted by atomic mass is 10.0. The third-order valence-corrected chi connectivity index (χ3v) is 4.15. The number of aromatic amines is 1.